The molecule has 0 bridgehead atoms. The Balaban J connectivity index is 0.00000114. The monoisotopic (exact) mass is 457 g/mol. The van der Waals surface area contributed by atoms with E-state index in [-0.39, 0.29) is 0 Å². The van der Waals surface area contributed by atoms with Gasteiger partial charge in [0.05, 0.1) is 11.9 Å². The molecular formula is C25H35N3O3S. The van der Waals surface area contributed by atoms with Gasteiger partial charge in [-0.05, 0) is 37.0 Å². The van der Waals surface area contributed by atoms with E-state index in [1.165, 1.54) is 12.0 Å². The smallest absolute Gasteiger partial charge is 0.264 e. The number of allylic oxidation sites excluding steroid dienone is 3. The fourth-order valence-corrected chi connectivity index (χ4v) is 4.49. The fourth-order valence-electron chi connectivity index (χ4n) is 4.03. The zero-order valence-corrected chi connectivity index (χ0v) is 20.7. The molecule has 1 aliphatic rings. The Morgan fingerprint density at radius 3 is 2.53 bits per heavy atom. The highest BCUT2D eigenvalue weighted by atomic mass is 32.2. The molecule has 6 nitrogen and oxygen atoms in total. The Labute approximate surface area is 192 Å². The summed E-state index contributed by atoms with van der Waals surface area (Å²) in [6.45, 7) is 11.1. The number of aryl methyl sites for hydroxylation is 2. The molecule has 1 N–H and O–H groups in total. The average Bonchev–Trinajstić information content (AvgIpc) is 2.90. The lowest BCUT2D eigenvalue weighted by molar-refractivity contribution is 0.0982. The third-order valence-corrected chi connectivity index (χ3v) is 5.68. The van der Waals surface area contributed by atoms with E-state index in [4.69, 9.17) is 0 Å². The summed E-state index contributed by atoms with van der Waals surface area (Å²) < 4.78 is 27.2. The molecular weight excluding hydrogens is 422 g/mol. The minimum atomic E-state index is -3.62. The SMILES string of the molecule is C=C/C=C1\C(=NC)CCCn2c1c(CCC)c1ccc(C(=O)NS(C)(=O)=O)cc12.CCC. The van der Waals surface area contributed by atoms with Crippen molar-refractivity contribution < 1.29 is 13.2 Å². The number of carbonyl (C=O) groups excluding carboxylic acids is 1. The number of nitrogens with zero attached hydrogens (tertiary/aromatic N) is 2. The first-order valence-electron chi connectivity index (χ1n) is 11.2. The topological polar surface area (TPSA) is 80.5 Å². The summed E-state index contributed by atoms with van der Waals surface area (Å²) in [7, 11) is -1.80. The van der Waals surface area contributed by atoms with Crippen molar-refractivity contribution in [3.05, 3.63) is 53.8 Å². The van der Waals surface area contributed by atoms with Gasteiger partial charge in [-0.2, -0.15) is 0 Å². The maximum Gasteiger partial charge on any atom is 0.264 e. The highest BCUT2D eigenvalue weighted by molar-refractivity contribution is 7.89. The van der Waals surface area contributed by atoms with E-state index in [1.54, 1.807) is 18.2 Å². The molecule has 1 aliphatic heterocycles. The van der Waals surface area contributed by atoms with Crippen LogP contribution in [0.5, 0.6) is 0 Å². The first kappa shape index (κ1) is 25.6. The summed E-state index contributed by atoms with van der Waals surface area (Å²) in [5.74, 6) is -0.617. The molecule has 3 rings (SSSR count). The van der Waals surface area contributed by atoms with E-state index >= 15 is 0 Å². The predicted octanol–water partition coefficient (Wildman–Crippen LogP) is 5.13. The molecule has 0 spiro atoms. The molecule has 1 amide bonds. The number of nitrogens with one attached hydrogen (secondary N) is 1. The van der Waals surface area contributed by atoms with Crippen LogP contribution in [0.3, 0.4) is 0 Å². The summed E-state index contributed by atoms with van der Waals surface area (Å²) in [4.78, 5) is 16.9. The molecule has 7 heteroatoms. The molecule has 174 valence electrons. The van der Waals surface area contributed by atoms with Crippen molar-refractivity contribution in [1.82, 2.24) is 9.29 Å². The Kier molecular flexibility index (Phi) is 9.01. The minimum absolute atomic E-state index is 0.328. The van der Waals surface area contributed by atoms with E-state index in [1.807, 2.05) is 19.2 Å². The van der Waals surface area contributed by atoms with Gasteiger partial charge in [-0.3, -0.25) is 9.79 Å². The van der Waals surface area contributed by atoms with Crippen molar-refractivity contribution >= 4 is 38.1 Å². The molecule has 0 radical (unpaired) electrons. The molecule has 2 aromatic rings. The first-order chi connectivity index (χ1) is 15.2. The lowest BCUT2D eigenvalue weighted by Gasteiger charge is -2.12. The van der Waals surface area contributed by atoms with Crippen LogP contribution in [0.2, 0.25) is 0 Å². The van der Waals surface area contributed by atoms with Crippen molar-refractivity contribution in [3.63, 3.8) is 0 Å². The third-order valence-electron chi connectivity index (χ3n) is 5.13. The van der Waals surface area contributed by atoms with Crippen molar-refractivity contribution in [3.8, 4) is 0 Å². The molecule has 2 heterocycles. The highest BCUT2D eigenvalue weighted by Crippen LogP contribution is 2.36. The third kappa shape index (κ3) is 5.76. The van der Waals surface area contributed by atoms with Crippen LogP contribution in [0.4, 0.5) is 0 Å². The normalized spacial score (nSPS) is 16.3. The number of amides is 1. The molecule has 0 saturated carbocycles. The van der Waals surface area contributed by atoms with E-state index in [2.05, 4.69) is 41.6 Å². The Bertz CT molecular complexity index is 1150. The average molecular weight is 458 g/mol. The number of sulfonamides is 1. The van der Waals surface area contributed by atoms with Crippen LogP contribution >= 0.6 is 0 Å². The van der Waals surface area contributed by atoms with Crippen molar-refractivity contribution in [1.29, 1.82) is 0 Å². The molecule has 32 heavy (non-hydrogen) atoms. The van der Waals surface area contributed by atoms with Gasteiger partial charge >= 0.3 is 0 Å². The fraction of sp³-hybridized carbons (Fsp3) is 0.440. The molecule has 0 unspecified atom stereocenters. The van der Waals surface area contributed by atoms with Crippen LogP contribution in [0, 0.1) is 0 Å². The zero-order valence-electron chi connectivity index (χ0n) is 19.9. The molecule has 1 aromatic heterocycles. The molecule has 0 atom stereocenters. The van der Waals surface area contributed by atoms with Crippen molar-refractivity contribution in [2.45, 2.75) is 59.4 Å². The second-order valence-corrected chi connectivity index (χ2v) is 9.71. The Hall–Kier alpha value is -2.67. The number of hydrogen-bond donors (Lipinski definition) is 1. The maximum atomic E-state index is 12.4. The zero-order chi connectivity index (χ0) is 23.9. The van der Waals surface area contributed by atoms with E-state index in [0.29, 0.717) is 5.56 Å². The van der Waals surface area contributed by atoms with Crippen LogP contribution in [-0.4, -0.2) is 37.9 Å². The summed E-state index contributed by atoms with van der Waals surface area (Å²) in [6.07, 6.45) is 9.72. The summed E-state index contributed by atoms with van der Waals surface area (Å²) in [5.41, 5.74) is 5.75. The second kappa shape index (κ2) is 11.3. The van der Waals surface area contributed by atoms with Crippen LogP contribution in [-0.2, 0) is 23.0 Å². The summed E-state index contributed by atoms with van der Waals surface area (Å²) in [5, 5.41) is 1.09. The van der Waals surface area contributed by atoms with Gasteiger partial charge in [0, 0.05) is 41.3 Å². The van der Waals surface area contributed by atoms with Gasteiger partial charge in [-0.15, -0.1) is 0 Å². The van der Waals surface area contributed by atoms with Gasteiger partial charge in [0.25, 0.3) is 5.91 Å². The van der Waals surface area contributed by atoms with Crippen LogP contribution in [0.15, 0.2) is 41.9 Å². The first-order valence-corrected chi connectivity index (χ1v) is 13.1. The number of aliphatic imine (C=N–C) groups is 1. The maximum absolute atomic E-state index is 12.4. The van der Waals surface area contributed by atoms with Gasteiger partial charge < -0.3 is 4.57 Å². The predicted molar refractivity (Wildman–Crippen MR) is 135 cm³/mol. The molecule has 1 aromatic carbocycles. The van der Waals surface area contributed by atoms with E-state index < -0.39 is 15.9 Å². The quantitative estimate of drug-likeness (QED) is 0.675. The van der Waals surface area contributed by atoms with Gasteiger partial charge in [0.1, 0.15) is 0 Å². The van der Waals surface area contributed by atoms with Gasteiger partial charge in [-0.1, -0.05) is 58.4 Å². The summed E-state index contributed by atoms with van der Waals surface area (Å²) in [6, 6.07) is 5.40. The Morgan fingerprint density at radius 2 is 1.97 bits per heavy atom. The van der Waals surface area contributed by atoms with Crippen molar-refractivity contribution in [2.75, 3.05) is 13.3 Å². The number of fused-ring (bicyclic) bond motifs is 3. The summed E-state index contributed by atoms with van der Waals surface area (Å²) >= 11 is 0. The van der Waals surface area contributed by atoms with E-state index in [0.717, 1.165) is 66.4 Å². The lowest BCUT2D eigenvalue weighted by Crippen LogP contribution is -2.29. The number of hydrogen-bond acceptors (Lipinski definition) is 4. The number of rotatable bonds is 5. The standard InChI is InChI=1S/C22H27N3O3S.C3H8/c1-5-8-17-16-12-11-15(22(26)24-29(4,27)28)14-20(16)25-13-7-10-19(23-3)18(9-6-2)21(17)25;1-3-2/h6,9,11-12,14H,2,5,7-8,10,13H2,1,3-4H3,(H,24,26);3H2,1-2H3/b18-9+,23-19?;. The van der Waals surface area contributed by atoms with E-state index in [9.17, 15) is 13.2 Å². The Morgan fingerprint density at radius 1 is 1.28 bits per heavy atom. The highest BCUT2D eigenvalue weighted by Gasteiger charge is 2.25. The number of benzene rings is 1. The van der Waals surface area contributed by atoms with Crippen LogP contribution < -0.4 is 4.72 Å². The van der Waals surface area contributed by atoms with Crippen LogP contribution in [0.25, 0.3) is 16.5 Å². The molecule has 0 fully saturated rings. The van der Waals surface area contributed by atoms with Gasteiger partial charge in [-0.25, -0.2) is 13.1 Å². The van der Waals surface area contributed by atoms with Crippen LogP contribution in [0.1, 0.15) is 68.1 Å². The minimum Gasteiger partial charge on any atom is -0.340 e. The van der Waals surface area contributed by atoms with Gasteiger partial charge in [0.15, 0.2) is 0 Å². The number of carbonyl (C=O) groups is 1. The number of aromatic nitrogens is 1. The second-order valence-electron chi connectivity index (χ2n) is 7.96. The largest absolute Gasteiger partial charge is 0.340 e. The van der Waals surface area contributed by atoms with Crippen molar-refractivity contribution in [2.24, 2.45) is 4.99 Å². The molecule has 0 aliphatic carbocycles. The lowest BCUT2D eigenvalue weighted by atomic mass is 9.96. The molecule has 0 saturated heterocycles. The van der Waals surface area contributed by atoms with Gasteiger partial charge in [0.2, 0.25) is 10.0 Å².